The van der Waals surface area contributed by atoms with Gasteiger partial charge in [-0.1, -0.05) is 0 Å². The van der Waals surface area contributed by atoms with E-state index in [1.807, 2.05) is 13.0 Å². The Kier molecular flexibility index (Phi) is 4.29. The number of carbonyl (C=O) groups is 1. The van der Waals surface area contributed by atoms with E-state index < -0.39 is 0 Å². The molecule has 20 heavy (non-hydrogen) atoms. The molecule has 0 aliphatic heterocycles. The van der Waals surface area contributed by atoms with Crippen LogP contribution in [0.25, 0.3) is 0 Å². The molecule has 2 rings (SSSR count). The summed E-state index contributed by atoms with van der Waals surface area (Å²) in [5.74, 6) is 0.493. The van der Waals surface area contributed by atoms with Crippen molar-refractivity contribution in [2.24, 2.45) is 0 Å². The Labute approximate surface area is 125 Å². The first-order valence-electron chi connectivity index (χ1n) is 5.96. The summed E-state index contributed by atoms with van der Waals surface area (Å²) < 4.78 is 5.67. The van der Waals surface area contributed by atoms with Crippen LogP contribution in [0.5, 0.6) is 11.5 Å². The van der Waals surface area contributed by atoms with Gasteiger partial charge < -0.3 is 15.2 Å². The van der Waals surface area contributed by atoms with Crippen LogP contribution in [-0.4, -0.2) is 18.1 Å². The molecule has 0 aliphatic carbocycles. The summed E-state index contributed by atoms with van der Waals surface area (Å²) in [6, 6.07) is 10.1. The third-order valence-electron chi connectivity index (χ3n) is 2.89. The molecule has 0 saturated carbocycles. The first kappa shape index (κ1) is 14.4. The van der Waals surface area contributed by atoms with Crippen LogP contribution in [0.3, 0.4) is 0 Å². The summed E-state index contributed by atoms with van der Waals surface area (Å²) in [5, 5.41) is 12.4. The SMILES string of the molecule is COc1ccc(NC(=O)c2ccc(Br)c(O)c2)c(C)c1. The van der Waals surface area contributed by atoms with Crippen LogP contribution in [0.4, 0.5) is 5.69 Å². The molecule has 104 valence electrons. The second-order valence-electron chi connectivity index (χ2n) is 4.30. The average Bonchev–Trinajstić information content (AvgIpc) is 2.43. The molecule has 0 fully saturated rings. The Bertz CT molecular complexity index is 656. The number of methoxy groups -OCH3 is 1. The zero-order chi connectivity index (χ0) is 14.7. The van der Waals surface area contributed by atoms with Crippen molar-refractivity contribution in [3.63, 3.8) is 0 Å². The van der Waals surface area contributed by atoms with E-state index in [4.69, 9.17) is 4.74 Å². The van der Waals surface area contributed by atoms with Crippen LogP contribution in [0.15, 0.2) is 40.9 Å². The molecule has 0 spiro atoms. The van der Waals surface area contributed by atoms with Crippen molar-refractivity contribution in [1.82, 2.24) is 0 Å². The molecule has 0 heterocycles. The monoisotopic (exact) mass is 335 g/mol. The molecule has 0 unspecified atom stereocenters. The number of hydrogen-bond donors (Lipinski definition) is 2. The van der Waals surface area contributed by atoms with Crippen molar-refractivity contribution >= 4 is 27.5 Å². The molecule has 1 amide bonds. The van der Waals surface area contributed by atoms with Crippen molar-refractivity contribution < 1.29 is 14.6 Å². The van der Waals surface area contributed by atoms with E-state index in [-0.39, 0.29) is 11.7 Å². The minimum absolute atomic E-state index is 0.0316. The third kappa shape index (κ3) is 3.11. The Morgan fingerprint density at radius 3 is 2.60 bits per heavy atom. The van der Waals surface area contributed by atoms with Crippen LogP contribution in [0.1, 0.15) is 15.9 Å². The molecule has 0 radical (unpaired) electrons. The largest absolute Gasteiger partial charge is 0.507 e. The zero-order valence-corrected chi connectivity index (χ0v) is 12.7. The van der Waals surface area contributed by atoms with E-state index in [1.54, 1.807) is 31.4 Å². The Morgan fingerprint density at radius 1 is 1.25 bits per heavy atom. The van der Waals surface area contributed by atoms with Gasteiger partial charge in [0.05, 0.1) is 11.6 Å². The second-order valence-corrected chi connectivity index (χ2v) is 5.16. The smallest absolute Gasteiger partial charge is 0.255 e. The summed E-state index contributed by atoms with van der Waals surface area (Å²) >= 11 is 3.18. The molecular weight excluding hydrogens is 322 g/mol. The van der Waals surface area contributed by atoms with E-state index >= 15 is 0 Å². The number of phenols is 1. The lowest BCUT2D eigenvalue weighted by Crippen LogP contribution is -2.12. The van der Waals surface area contributed by atoms with Crippen LogP contribution in [0.2, 0.25) is 0 Å². The van der Waals surface area contributed by atoms with E-state index in [9.17, 15) is 9.90 Å². The van der Waals surface area contributed by atoms with Crippen LogP contribution in [-0.2, 0) is 0 Å². The summed E-state index contributed by atoms with van der Waals surface area (Å²) in [5.41, 5.74) is 2.00. The number of ether oxygens (including phenoxy) is 1. The lowest BCUT2D eigenvalue weighted by molar-refractivity contribution is 0.102. The third-order valence-corrected chi connectivity index (χ3v) is 3.56. The number of halogens is 1. The quantitative estimate of drug-likeness (QED) is 0.898. The topological polar surface area (TPSA) is 58.6 Å². The Hall–Kier alpha value is -2.01. The van der Waals surface area contributed by atoms with E-state index in [0.29, 0.717) is 15.7 Å². The van der Waals surface area contributed by atoms with Gasteiger partial charge in [0.25, 0.3) is 5.91 Å². The van der Waals surface area contributed by atoms with Crippen molar-refractivity contribution in [2.75, 3.05) is 12.4 Å². The zero-order valence-electron chi connectivity index (χ0n) is 11.1. The molecule has 2 aromatic rings. The molecular formula is C15H14BrNO3. The minimum Gasteiger partial charge on any atom is -0.507 e. The van der Waals surface area contributed by atoms with Crippen molar-refractivity contribution in [3.8, 4) is 11.5 Å². The fourth-order valence-electron chi connectivity index (χ4n) is 1.75. The van der Waals surface area contributed by atoms with Crippen molar-refractivity contribution in [3.05, 3.63) is 52.0 Å². The van der Waals surface area contributed by atoms with Gasteiger partial charge in [-0.05, 0) is 64.8 Å². The number of rotatable bonds is 3. The Balaban J connectivity index is 2.21. The number of aromatic hydroxyl groups is 1. The number of aryl methyl sites for hydroxylation is 1. The van der Waals surface area contributed by atoms with Crippen LogP contribution >= 0.6 is 15.9 Å². The standard InChI is InChI=1S/C15H14BrNO3/c1-9-7-11(20-2)4-6-13(9)17-15(19)10-3-5-12(16)14(18)8-10/h3-8,18H,1-2H3,(H,17,19). The van der Waals surface area contributed by atoms with Crippen molar-refractivity contribution in [1.29, 1.82) is 0 Å². The summed E-state index contributed by atoms with van der Waals surface area (Å²) in [7, 11) is 1.59. The first-order chi connectivity index (χ1) is 9.51. The summed E-state index contributed by atoms with van der Waals surface area (Å²) in [6.45, 7) is 1.89. The normalized spacial score (nSPS) is 10.2. The number of anilines is 1. The average molecular weight is 336 g/mol. The lowest BCUT2D eigenvalue weighted by atomic mass is 10.1. The maximum Gasteiger partial charge on any atom is 0.255 e. The van der Waals surface area contributed by atoms with Gasteiger partial charge in [-0.25, -0.2) is 0 Å². The van der Waals surface area contributed by atoms with Crippen LogP contribution in [0, 0.1) is 6.92 Å². The lowest BCUT2D eigenvalue weighted by Gasteiger charge is -2.10. The highest BCUT2D eigenvalue weighted by Crippen LogP contribution is 2.26. The number of nitrogens with one attached hydrogen (secondary N) is 1. The minimum atomic E-state index is -0.277. The van der Waals surface area contributed by atoms with Gasteiger partial charge in [0.2, 0.25) is 0 Å². The molecule has 0 aliphatic rings. The molecule has 0 atom stereocenters. The highest BCUT2D eigenvalue weighted by Gasteiger charge is 2.10. The molecule has 0 aromatic heterocycles. The number of hydrogen-bond acceptors (Lipinski definition) is 3. The van der Waals surface area contributed by atoms with Gasteiger partial charge in [-0.15, -0.1) is 0 Å². The fraction of sp³-hybridized carbons (Fsp3) is 0.133. The molecule has 4 nitrogen and oxygen atoms in total. The molecule has 2 aromatic carbocycles. The van der Waals surface area contributed by atoms with E-state index in [1.165, 1.54) is 6.07 Å². The predicted molar refractivity (Wildman–Crippen MR) is 81.5 cm³/mol. The maximum absolute atomic E-state index is 12.1. The van der Waals surface area contributed by atoms with E-state index in [0.717, 1.165) is 11.3 Å². The maximum atomic E-state index is 12.1. The second kappa shape index (κ2) is 5.96. The van der Waals surface area contributed by atoms with E-state index in [2.05, 4.69) is 21.2 Å². The molecule has 0 bridgehead atoms. The fourth-order valence-corrected chi connectivity index (χ4v) is 2.00. The highest BCUT2D eigenvalue weighted by atomic mass is 79.9. The van der Waals surface area contributed by atoms with Gasteiger partial charge in [0, 0.05) is 11.3 Å². The highest BCUT2D eigenvalue weighted by molar-refractivity contribution is 9.10. The van der Waals surface area contributed by atoms with Crippen LogP contribution < -0.4 is 10.1 Å². The van der Waals surface area contributed by atoms with Gasteiger partial charge in [-0.2, -0.15) is 0 Å². The molecule has 2 N–H and O–H groups in total. The predicted octanol–water partition coefficient (Wildman–Crippen LogP) is 3.72. The number of carbonyl (C=O) groups excluding carboxylic acids is 1. The van der Waals surface area contributed by atoms with Crippen molar-refractivity contribution in [2.45, 2.75) is 6.92 Å². The summed E-state index contributed by atoms with van der Waals surface area (Å²) in [6.07, 6.45) is 0. The van der Waals surface area contributed by atoms with Gasteiger partial charge in [-0.3, -0.25) is 4.79 Å². The Morgan fingerprint density at radius 2 is 2.00 bits per heavy atom. The van der Waals surface area contributed by atoms with Gasteiger partial charge >= 0.3 is 0 Å². The molecule has 0 saturated heterocycles. The number of benzene rings is 2. The number of amides is 1. The summed E-state index contributed by atoms with van der Waals surface area (Å²) in [4.78, 5) is 12.1. The number of phenolic OH excluding ortho intramolecular Hbond substituents is 1. The molecule has 5 heteroatoms. The first-order valence-corrected chi connectivity index (χ1v) is 6.75. The van der Waals surface area contributed by atoms with Gasteiger partial charge in [0.1, 0.15) is 11.5 Å². The van der Waals surface area contributed by atoms with Gasteiger partial charge in [0.15, 0.2) is 0 Å².